The number of rotatable bonds is 7. The van der Waals surface area contributed by atoms with Gasteiger partial charge in [0, 0.05) is 32.2 Å². The van der Waals surface area contributed by atoms with E-state index in [-0.39, 0.29) is 24.5 Å². The molecule has 3 rings (SSSR count). The van der Waals surface area contributed by atoms with E-state index in [1.165, 1.54) is 22.5 Å². The first-order valence-electron chi connectivity index (χ1n) is 8.39. The Kier molecular flexibility index (Phi) is 7.10. The lowest BCUT2D eigenvalue weighted by molar-refractivity contribution is -0.137. The number of carboxylic acids is 1. The van der Waals surface area contributed by atoms with Crippen molar-refractivity contribution in [1.29, 1.82) is 0 Å². The Balaban J connectivity index is 0.00000280. The Morgan fingerprint density at radius 2 is 1.96 bits per heavy atom. The van der Waals surface area contributed by atoms with Gasteiger partial charge in [0.1, 0.15) is 6.54 Å². The molecule has 28 heavy (non-hydrogen) atoms. The normalized spacial score (nSPS) is 15.3. The fourth-order valence-corrected chi connectivity index (χ4v) is 3.95. The average molecular weight is 436 g/mol. The van der Waals surface area contributed by atoms with E-state index in [1.807, 2.05) is 0 Å². The van der Waals surface area contributed by atoms with E-state index in [1.54, 1.807) is 0 Å². The van der Waals surface area contributed by atoms with Crippen LogP contribution in [0.25, 0.3) is 11.1 Å². The minimum atomic E-state index is -3.56. The Hall–Kier alpha value is -2.08. The van der Waals surface area contributed by atoms with E-state index >= 15 is 0 Å². The summed E-state index contributed by atoms with van der Waals surface area (Å²) in [7, 11) is -3.56. The van der Waals surface area contributed by atoms with Crippen molar-refractivity contribution in [3.63, 3.8) is 0 Å². The molecule has 12 heteroatoms. The van der Waals surface area contributed by atoms with Crippen LogP contribution < -0.4 is 10.1 Å². The first-order chi connectivity index (χ1) is 12.8. The van der Waals surface area contributed by atoms with Crippen LogP contribution in [0.2, 0.25) is 0 Å². The van der Waals surface area contributed by atoms with Gasteiger partial charge in [0.2, 0.25) is 10.0 Å². The van der Waals surface area contributed by atoms with Gasteiger partial charge in [0.25, 0.3) is 0 Å². The van der Waals surface area contributed by atoms with Crippen LogP contribution in [0.5, 0.6) is 0 Å². The number of sulfonamides is 1. The van der Waals surface area contributed by atoms with Crippen molar-refractivity contribution in [2.45, 2.75) is 6.54 Å². The molecule has 156 valence electrons. The molecule has 10 nitrogen and oxygen atoms in total. The molecule has 1 N–H and O–H groups in total. The number of aromatic nitrogens is 1. The minimum absolute atomic E-state index is 0. The predicted molar refractivity (Wildman–Crippen MR) is 105 cm³/mol. The average Bonchev–Trinajstić information content (AvgIpc) is 2.89. The fourth-order valence-electron chi connectivity index (χ4n) is 3.04. The smallest absolute Gasteiger partial charge is 0.420 e. The van der Waals surface area contributed by atoms with Gasteiger partial charge in [-0.15, -0.1) is 12.4 Å². The molecule has 0 aliphatic carbocycles. The molecule has 0 radical (unpaired) electrons. The Labute approximate surface area is 167 Å². The van der Waals surface area contributed by atoms with Gasteiger partial charge in [-0.05, 0) is 12.1 Å². The van der Waals surface area contributed by atoms with Crippen molar-refractivity contribution >= 4 is 45.2 Å². The first kappa shape index (κ1) is 22.2. The van der Waals surface area contributed by atoms with E-state index in [0.717, 1.165) is 23.9 Å². The predicted octanol–water partition coefficient (Wildman–Crippen LogP) is 0.199. The molecule has 0 unspecified atom stereocenters. The van der Waals surface area contributed by atoms with Gasteiger partial charge in [-0.1, -0.05) is 0 Å². The number of benzene rings is 1. The third kappa shape index (κ3) is 5.04. The molecule has 1 aromatic heterocycles. The van der Waals surface area contributed by atoms with Gasteiger partial charge in [0.05, 0.1) is 30.7 Å². The second kappa shape index (κ2) is 8.95. The fraction of sp³-hybridized carbons (Fsp3) is 0.500. The number of aliphatic carboxylic acids is 1. The van der Waals surface area contributed by atoms with Gasteiger partial charge in [-0.25, -0.2) is 13.2 Å². The van der Waals surface area contributed by atoms with Gasteiger partial charge >= 0.3 is 11.7 Å². The molecule has 1 aliphatic rings. The van der Waals surface area contributed by atoms with E-state index in [4.69, 9.17) is 14.3 Å². The molecule has 1 aromatic carbocycles. The number of halogens is 1. The third-order valence-electron chi connectivity index (χ3n) is 4.36. The lowest BCUT2D eigenvalue weighted by atomic mass is 10.2. The minimum Gasteiger partial charge on any atom is -0.480 e. The van der Waals surface area contributed by atoms with Crippen LogP contribution in [0.3, 0.4) is 0 Å². The number of fused-ring (bicyclic) bond motifs is 1. The van der Waals surface area contributed by atoms with Crippen molar-refractivity contribution in [1.82, 2.24) is 9.47 Å². The van der Waals surface area contributed by atoms with Crippen molar-refractivity contribution in [3.05, 3.63) is 28.7 Å². The van der Waals surface area contributed by atoms with Crippen molar-refractivity contribution in [2.75, 3.05) is 50.0 Å². The molecule has 0 saturated carbocycles. The summed E-state index contributed by atoms with van der Waals surface area (Å²) < 4.78 is 37.1. The second-order valence-electron chi connectivity index (χ2n) is 6.29. The van der Waals surface area contributed by atoms with Crippen LogP contribution >= 0.6 is 12.4 Å². The van der Waals surface area contributed by atoms with Crippen LogP contribution in [0.15, 0.2) is 27.4 Å². The number of oxazole rings is 1. The summed E-state index contributed by atoms with van der Waals surface area (Å²) in [5.74, 6) is -1.98. The maximum atomic E-state index is 12.3. The van der Waals surface area contributed by atoms with Gasteiger partial charge < -0.3 is 14.3 Å². The summed E-state index contributed by atoms with van der Waals surface area (Å²) in [6.45, 7) is 2.97. The number of nitrogens with zero attached hydrogens (tertiary/aromatic N) is 3. The highest BCUT2D eigenvalue weighted by molar-refractivity contribution is 7.92. The second-order valence-corrected chi connectivity index (χ2v) is 8.20. The van der Waals surface area contributed by atoms with Crippen molar-refractivity contribution in [3.8, 4) is 0 Å². The maximum Gasteiger partial charge on any atom is 0.420 e. The standard InChI is InChI=1S/C16H21N3O7S.ClH/c1-27(23,24)19(5-4-17-6-8-25-9-7-17)12-2-3-13-14(10-12)26-16(22)18(13)11-15(20)21;/h2-3,10H,4-9,11H2,1H3,(H,20,21);1H. The Morgan fingerprint density at radius 1 is 1.29 bits per heavy atom. The van der Waals surface area contributed by atoms with Gasteiger partial charge in [-0.2, -0.15) is 0 Å². The molecule has 0 spiro atoms. The molecule has 0 atom stereocenters. The summed E-state index contributed by atoms with van der Waals surface area (Å²) in [6.07, 6.45) is 1.11. The maximum absolute atomic E-state index is 12.3. The zero-order chi connectivity index (χ0) is 19.6. The molecule has 1 saturated heterocycles. The van der Waals surface area contributed by atoms with Crippen LogP contribution in [0.1, 0.15) is 0 Å². The summed E-state index contributed by atoms with van der Waals surface area (Å²) in [5.41, 5.74) is 0.793. The third-order valence-corrected chi connectivity index (χ3v) is 5.55. The van der Waals surface area contributed by atoms with E-state index in [0.29, 0.717) is 31.0 Å². The van der Waals surface area contributed by atoms with Gasteiger partial charge in [-0.3, -0.25) is 18.6 Å². The monoisotopic (exact) mass is 435 g/mol. The first-order valence-corrected chi connectivity index (χ1v) is 10.2. The highest BCUT2D eigenvalue weighted by Gasteiger charge is 2.21. The van der Waals surface area contributed by atoms with Crippen LogP contribution in [-0.2, 0) is 26.1 Å². The lowest BCUT2D eigenvalue weighted by Gasteiger charge is -2.30. The Morgan fingerprint density at radius 3 is 2.57 bits per heavy atom. The SMILES string of the molecule is CS(=O)(=O)N(CCN1CCOCC1)c1ccc2c(c1)oc(=O)n2CC(=O)O.Cl. The number of carbonyl (C=O) groups is 1. The zero-order valence-corrected chi connectivity index (χ0v) is 16.9. The van der Waals surface area contributed by atoms with Crippen molar-refractivity contribution in [2.24, 2.45) is 0 Å². The van der Waals surface area contributed by atoms with Crippen LogP contribution in [0, 0.1) is 0 Å². The number of hydrogen-bond donors (Lipinski definition) is 1. The number of carboxylic acid groups (broad SMARTS) is 1. The lowest BCUT2D eigenvalue weighted by Crippen LogP contribution is -2.43. The van der Waals surface area contributed by atoms with E-state index in [9.17, 15) is 18.0 Å². The summed E-state index contributed by atoms with van der Waals surface area (Å²) in [6, 6.07) is 4.47. The topological polar surface area (TPSA) is 122 Å². The Bertz CT molecular complexity index is 995. The molecule has 1 aliphatic heterocycles. The highest BCUT2D eigenvalue weighted by atomic mass is 35.5. The summed E-state index contributed by atoms with van der Waals surface area (Å²) in [5, 5.41) is 8.91. The number of morpholine rings is 1. The quantitative estimate of drug-likeness (QED) is 0.654. The number of ether oxygens (including phenoxy) is 1. The number of anilines is 1. The molecule has 2 heterocycles. The van der Waals surface area contributed by atoms with Crippen LogP contribution in [-0.4, -0.2) is 74.6 Å². The molecule has 1 fully saturated rings. The molecule has 0 amide bonds. The molecular formula is C16H22ClN3O7S. The zero-order valence-electron chi connectivity index (χ0n) is 15.2. The number of hydrogen-bond acceptors (Lipinski definition) is 7. The molecule has 2 aromatic rings. The summed E-state index contributed by atoms with van der Waals surface area (Å²) >= 11 is 0. The van der Waals surface area contributed by atoms with E-state index < -0.39 is 28.3 Å². The summed E-state index contributed by atoms with van der Waals surface area (Å²) in [4.78, 5) is 24.9. The molecular weight excluding hydrogens is 414 g/mol. The van der Waals surface area contributed by atoms with Gasteiger partial charge in [0.15, 0.2) is 5.58 Å². The van der Waals surface area contributed by atoms with Crippen molar-refractivity contribution < 1.29 is 27.5 Å². The highest BCUT2D eigenvalue weighted by Crippen LogP contribution is 2.23. The van der Waals surface area contributed by atoms with Crippen LogP contribution in [0.4, 0.5) is 5.69 Å². The molecule has 0 bridgehead atoms. The van der Waals surface area contributed by atoms with E-state index in [2.05, 4.69) is 4.90 Å². The largest absolute Gasteiger partial charge is 0.480 e.